The van der Waals surface area contributed by atoms with Crippen LogP contribution in [0.25, 0.3) is 0 Å². The summed E-state index contributed by atoms with van der Waals surface area (Å²) in [6.07, 6.45) is 8.52. The lowest BCUT2D eigenvalue weighted by Gasteiger charge is -2.19. The second-order valence-electron chi connectivity index (χ2n) is 7.92. The van der Waals surface area contributed by atoms with Crippen molar-refractivity contribution in [1.29, 1.82) is 0 Å². The maximum atomic E-state index is 12.1. The third kappa shape index (κ3) is 9.01. The van der Waals surface area contributed by atoms with Gasteiger partial charge in [-0.3, -0.25) is 0 Å². The van der Waals surface area contributed by atoms with E-state index in [0.29, 0.717) is 49.7 Å². The molecule has 1 aromatic carbocycles. The summed E-state index contributed by atoms with van der Waals surface area (Å²) in [7, 11) is 3.24. The largest absolute Gasteiger partial charge is 0.493 e. The number of cyclic esters (lactones) is 1. The van der Waals surface area contributed by atoms with Crippen LogP contribution in [0.4, 0.5) is 0 Å². The van der Waals surface area contributed by atoms with E-state index in [4.69, 9.17) is 23.7 Å². The fraction of sp³-hybridized carbons (Fsp3) is 0.600. The number of hydrogen-bond acceptors (Lipinski definition) is 7. The molecule has 7 heteroatoms. The summed E-state index contributed by atoms with van der Waals surface area (Å²) in [6, 6.07) is 5.73. The molecule has 0 saturated heterocycles. The molecule has 1 aromatic rings. The molecule has 1 heterocycles. The number of esters is 1. The molecular weight excluding hydrogens is 412 g/mol. The van der Waals surface area contributed by atoms with Gasteiger partial charge in [0.25, 0.3) is 0 Å². The second kappa shape index (κ2) is 14.6. The first-order valence-electron chi connectivity index (χ1n) is 11.3. The van der Waals surface area contributed by atoms with E-state index in [1.54, 1.807) is 14.2 Å². The van der Waals surface area contributed by atoms with E-state index in [0.717, 1.165) is 44.0 Å². The summed E-state index contributed by atoms with van der Waals surface area (Å²) in [5, 5.41) is 0. The zero-order valence-electron chi connectivity index (χ0n) is 19.5. The number of aldehydes is 1. The third-order valence-corrected chi connectivity index (χ3v) is 5.30. The fourth-order valence-corrected chi connectivity index (χ4v) is 3.59. The van der Waals surface area contributed by atoms with Gasteiger partial charge in [-0.15, -0.1) is 0 Å². The lowest BCUT2D eigenvalue weighted by Crippen LogP contribution is -2.16. The van der Waals surface area contributed by atoms with Crippen molar-refractivity contribution in [2.24, 2.45) is 0 Å². The number of unbranched alkanes of at least 4 members (excludes halogenated alkanes) is 4. The van der Waals surface area contributed by atoms with Gasteiger partial charge in [0.2, 0.25) is 0 Å². The highest BCUT2D eigenvalue weighted by Gasteiger charge is 2.25. The van der Waals surface area contributed by atoms with Crippen molar-refractivity contribution in [2.45, 2.75) is 70.7 Å². The lowest BCUT2D eigenvalue weighted by atomic mass is 10.0. The molecule has 178 valence electrons. The third-order valence-electron chi connectivity index (χ3n) is 5.30. The highest BCUT2D eigenvalue weighted by atomic mass is 16.5. The Morgan fingerprint density at radius 1 is 1.09 bits per heavy atom. The minimum absolute atomic E-state index is 0.0891. The number of hydrogen-bond donors (Lipinski definition) is 0. The van der Waals surface area contributed by atoms with Crippen molar-refractivity contribution in [2.75, 3.05) is 27.4 Å². The maximum Gasteiger partial charge on any atom is 0.334 e. The van der Waals surface area contributed by atoms with Gasteiger partial charge in [-0.05, 0) is 43.5 Å². The average Bonchev–Trinajstić information content (AvgIpc) is 3.11. The molecule has 0 saturated carbocycles. The lowest BCUT2D eigenvalue weighted by molar-refractivity contribution is -0.139. The van der Waals surface area contributed by atoms with Gasteiger partial charge in [0.1, 0.15) is 19.0 Å². The van der Waals surface area contributed by atoms with E-state index in [-0.39, 0.29) is 18.2 Å². The molecule has 0 amide bonds. The Labute approximate surface area is 191 Å². The van der Waals surface area contributed by atoms with E-state index in [1.165, 1.54) is 0 Å². The Morgan fingerprint density at radius 2 is 1.91 bits per heavy atom. The van der Waals surface area contributed by atoms with Crippen LogP contribution in [0.15, 0.2) is 29.8 Å². The van der Waals surface area contributed by atoms with Gasteiger partial charge in [-0.2, -0.15) is 0 Å². The molecule has 0 fully saturated rings. The molecule has 2 rings (SSSR count). The normalized spacial score (nSPS) is 16.4. The Morgan fingerprint density at radius 3 is 2.59 bits per heavy atom. The first-order chi connectivity index (χ1) is 15.6. The number of methoxy groups -OCH3 is 2. The first kappa shape index (κ1) is 25.9. The van der Waals surface area contributed by atoms with Crippen LogP contribution in [0.1, 0.15) is 57.4 Å². The minimum Gasteiger partial charge on any atom is -0.493 e. The van der Waals surface area contributed by atoms with Crippen molar-refractivity contribution in [1.82, 2.24) is 0 Å². The average molecular weight is 449 g/mol. The number of carbonyl (C=O) groups is 2. The van der Waals surface area contributed by atoms with Crippen molar-refractivity contribution in [3.63, 3.8) is 0 Å². The van der Waals surface area contributed by atoms with E-state index in [2.05, 4.69) is 0 Å². The Balaban J connectivity index is 1.94. The highest BCUT2D eigenvalue weighted by Crippen LogP contribution is 2.29. The second-order valence-corrected chi connectivity index (χ2v) is 7.92. The summed E-state index contributed by atoms with van der Waals surface area (Å²) < 4.78 is 27.6. The molecular formula is C25H36O7. The molecule has 0 aromatic heterocycles. The van der Waals surface area contributed by atoms with E-state index >= 15 is 0 Å². The van der Waals surface area contributed by atoms with Crippen LogP contribution in [0.2, 0.25) is 0 Å². The SMILES string of the molecule is COCCOc1ccc(CO[C@@H](CCCCCCC=O)CC2=C[C@@H](C)OC2=O)cc1OC. The molecule has 2 atom stereocenters. The monoisotopic (exact) mass is 448 g/mol. The van der Waals surface area contributed by atoms with Crippen LogP contribution < -0.4 is 9.47 Å². The summed E-state index contributed by atoms with van der Waals surface area (Å²) in [4.78, 5) is 22.5. The molecule has 0 aliphatic carbocycles. The van der Waals surface area contributed by atoms with Crippen molar-refractivity contribution < 1.29 is 33.3 Å². The van der Waals surface area contributed by atoms with Crippen LogP contribution in [-0.4, -0.2) is 51.9 Å². The fourth-order valence-electron chi connectivity index (χ4n) is 3.59. The number of carbonyl (C=O) groups excluding carboxylic acids is 2. The van der Waals surface area contributed by atoms with Gasteiger partial charge in [0, 0.05) is 25.5 Å². The van der Waals surface area contributed by atoms with Gasteiger partial charge >= 0.3 is 5.97 Å². The van der Waals surface area contributed by atoms with Gasteiger partial charge in [0.05, 0.1) is 26.4 Å². The maximum absolute atomic E-state index is 12.1. The smallest absolute Gasteiger partial charge is 0.334 e. The minimum atomic E-state index is -0.253. The molecule has 1 aliphatic heterocycles. The van der Waals surface area contributed by atoms with E-state index < -0.39 is 0 Å². The summed E-state index contributed by atoms with van der Waals surface area (Å²) >= 11 is 0. The van der Waals surface area contributed by atoms with E-state index in [1.807, 2.05) is 31.2 Å². The molecule has 0 spiro atoms. The Hall–Kier alpha value is -2.38. The van der Waals surface area contributed by atoms with Crippen LogP contribution in [0.5, 0.6) is 11.5 Å². The van der Waals surface area contributed by atoms with E-state index in [9.17, 15) is 9.59 Å². The standard InChI is InChI=1S/C25H36O7/c1-19-15-21(25(27)32-19)17-22(9-7-5-4-6-8-12-26)31-18-20-10-11-23(24(16-20)29-3)30-14-13-28-2/h10-12,15-16,19,22H,4-9,13-14,17-18H2,1-3H3/t19-,22+/m1/s1. The number of benzene rings is 1. The van der Waals surface area contributed by atoms with Crippen molar-refractivity contribution in [3.8, 4) is 11.5 Å². The topological polar surface area (TPSA) is 80.3 Å². The van der Waals surface area contributed by atoms with Gasteiger partial charge in [-0.1, -0.05) is 25.3 Å². The van der Waals surface area contributed by atoms with Crippen LogP contribution in [0, 0.1) is 0 Å². The summed E-state index contributed by atoms with van der Waals surface area (Å²) in [5.74, 6) is 1.05. The van der Waals surface area contributed by atoms with Gasteiger partial charge in [0.15, 0.2) is 11.5 Å². The van der Waals surface area contributed by atoms with Crippen molar-refractivity contribution in [3.05, 3.63) is 35.4 Å². The van der Waals surface area contributed by atoms with Crippen LogP contribution >= 0.6 is 0 Å². The van der Waals surface area contributed by atoms with Crippen LogP contribution in [0.3, 0.4) is 0 Å². The molecule has 0 bridgehead atoms. The predicted octanol–water partition coefficient (Wildman–Crippen LogP) is 4.41. The predicted molar refractivity (Wildman–Crippen MR) is 121 cm³/mol. The van der Waals surface area contributed by atoms with Crippen LogP contribution in [-0.2, 0) is 30.4 Å². The molecule has 0 radical (unpaired) electrons. The molecule has 0 N–H and O–H groups in total. The first-order valence-corrected chi connectivity index (χ1v) is 11.3. The molecule has 7 nitrogen and oxygen atoms in total. The zero-order valence-corrected chi connectivity index (χ0v) is 19.5. The highest BCUT2D eigenvalue weighted by molar-refractivity contribution is 5.90. The Kier molecular flexibility index (Phi) is 11.8. The Bertz CT molecular complexity index is 744. The number of rotatable bonds is 17. The van der Waals surface area contributed by atoms with Crippen molar-refractivity contribution >= 4 is 12.3 Å². The summed E-state index contributed by atoms with van der Waals surface area (Å²) in [6.45, 7) is 3.21. The quantitative estimate of drug-likeness (QED) is 0.198. The number of ether oxygens (including phenoxy) is 5. The van der Waals surface area contributed by atoms with Gasteiger partial charge in [-0.25, -0.2) is 4.79 Å². The molecule has 1 aliphatic rings. The molecule has 32 heavy (non-hydrogen) atoms. The molecule has 0 unspecified atom stereocenters. The zero-order chi connectivity index (χ0) is 23.2. The summed E-state index contributed by atoms with van der Waals surface area (Å²) in [5.41, 5.74) is 1.65. The van der Waals surface area contributed by atoms with Gasteiger partial charge < -0.3 is 28.5 Å².